The van der Waals surface area contributed by atoms with Gasteiger partial charge < -0.3 is 15.8 Å². The Kier molecular flexibility index (Phi) is 9.57. The van der Waals surface area contributed by atoms with E-state index in [1.165, 1.54) is 0 Å². The molecule has 0 spiro atoms. The zero-order valence-corrected chi connectivity index (χ0v) is 21.1. The third kappa shape index (κ3) is 7.36. The molecule has 0 aliphatic carbocycles. The first-order valence-corrected chi connectivity index (χ1v) is 11.7. The fraction of sp³-hybridized carbons (Fsp3) is 0.409. The first kappa shape index (κ1) is 25.4. The van der Waals surface area contributed by atoms with E-state index in [0.29, 0.717) is 18.0 Å². The van der Waals surface area contributed by atoms with Crippen molar-refractivity contribution >= 4 is 45.6 Å². The molecule has 2 aromatic carbocycles. The van der Waals surface area contributed by atoms with Gasteiger partial charge in [0, 0.05) is 18.8 Å². The Balaban J connectivity index is 0.00000341. The molecule has 3 rings (SSSR count). The molecule has 0 bridgehead atoms. The quantitative estimate of drug-likeness (QED) is 0.302. The van der Waals surface area contributed by atoms with Crippen molar-refractivity contribution in [2.45, 2.75) is 50.7 Å². The molecule has 31 heavy (non-hydrogen) atoms. The number of aliphatic imine (C=N–C) groups is 1. The zero-order chi connectivity index (χ0) is 21.6. The van der Waals surface area contributed by atoms with Gasteiger partial charge in [-0.25, -0.2) is 13.4 Å². The number of anilines is 1. The normalized spacial score (nSPS) is 15.4. The summed E-state index contributed by atoms with van der Waals surface area (Å²) >= 11 is 0. The van der Waals surface area contributed by atoms with Crippen molar-refractivity contribution < 1.29 is 13.2 Å². The van der Waals surface area contributed by atoms with Gasteiger partial charge in [-0.15, -0.1) is 24.0 Å². The number of benzene rings is 2. The van der Waals surface area contributed by atoms with Gasteiger partial charge in [-0.05, 0) is 68.7 Å². The summed E-state index contributed by atoms with van der Waals surface area (Å²) in [6.07, 6.45) is 3.02. The fourth-order valence-corrected chi connectivity index (χ4v) is 4.90. The molecule has 1 aliphatic rings. The highest BCUT2D eigenvalue weighted by atomic mass is 127. The summed E-state index contributed by atoms with van der Waals surface area (Å²) in [6, 6.07) is 14.4. The Hall–Kier alpha value is -1.85. The molecular weight excluding hydrogens is 527 g/mol. The second-order valence-electron chi connectivity index (χ2n) is 7.63. The Morgan fingerprint density at radius 1 is 1.13 bits per heavy atom. The maximum Gasteiger partial charge on any atom is 0.243 e. The molecule has 1 fully saturated rings. The van der Waals surface area contributed by atoms with Crippen LogP contribution in [0.25, 0.3) is 0 Å². The van der Waals surface area contributed by atoms with Crippen molar-refractivity contribution in [3.8, 4) is 5.75 Å². The van der Waals surface area contributed by atoms with Crippen LogP contribution < -0.4 is 15.8 Å². The predicted octanol–water partition coefficient (Wildman–Crippen LogP) is 4.19. The summed E-state index contributed by atoms with van der Waals surface area (Å²) in [4.78, 5) is 4.65. The molecule has 0 amide bonds. The SMILES string of the molecule is CC(C)Oc1ccc(NC(N)=NCc2cccc(S(=O)(=O)N3CCCCC3)c2)cc1.I. The third-order valence-electron chi connectivity index (χ3n) is 4.78. The number of nitrogens with one attached hydrogen (secondary N) is 1. The van der Waals surface area contributed by atoms with Gasteiger partial charge in [0.25, 0.3) is 0 Å². The van der Waals surface area contributed by atoms with E-state index >= 15 is 0 Å². The van der Waals surface area contributed by atoms with Crippen molar-refractivity contribution in [1.29, 1.82) is 0 Å². The molecule has 0 unspecified atom stereocenters. The Morgan fingerprint density at radius 2 is 1.81 bits per heavy atom. The van der Waals surface area contributed by atoms with E-state index in [2.05, 4.69) is 10.3 Å². The van der Waals surface area contributed by atoms with E-state index < -0.39 is 10.0 Å². The summed E-state index contributed by atoms with van der Waals surface area (Å²) < 4.78 is 32.9. The van der Waals surface area contributed by atoms with Gasteiger partial charge in [0.2, 0.25) is 10.0 Å². The van der Waals surface area contributed by atoms with Crippen LogP contribution in [0.3, 0.4) is 0 Å². The molecule has 2 aromatic rings. The topological polar surface area (TPSA) is 97.0 Å². The minimum Gasteiger partial charge on any atom is -0.491 e. The second-order valence-corrected chi connectivity index (χ2v) is 9.57. The average Bonchev–Trinajstić information content (AvgIpc) is 2.74. The van der Waals surface area contributed by atoms with E-state index in [9.17, 15) is 8.42 Å². The van der Waals surface area contributed by atoms with Crippen molar-refractivity contribution in [2.75, 3.05) is 18.4 Å². The fourth-order valence-electron chi connectivity index (χ4n) is 3.31. The van der Waals surface area contributed by atoms with Crippen LogP contribution in [-0.2, 0) is 16.6 Å². The van der Waals surface area contributed by atoms with Crippen LogP contribution in [0.2, 0.25) is 0 Å². The lowest BCUT2D eigenvalue weighted by molar-refractivity contribution is 0.242. The van der Waals surface area contributed by atoms with E-state index in [4.69, 9.17) is 10.5 Å². The predicted molar refractivity (Wildman–Crippen MR) is 136 cm³/mol. The summed E-state index contributed by atoms with van der Waals surface area (Å²) in [5.41, 5.74) is 7.58. The molecule has 3 N–H and O–H groups in total. The smallest absolute Gasteiger partial charge is 0.243 e. The van der Waals surface area contributed by atoms with Crippen LogP contribution in [0.4, 0.5) is 5.69 Å². The van der Waals surface area contributed by atoms with Crippen molar-refractivity contribution in [2.24, 2.45) is 10.7 Å². The molecule has 0 saturated carbocycles. The van der Waals surface area contributed by atoms with Gasteiger partial charge in [-0.1, -0.05) is 18.6 Å². The van der Waals surface area contributed by atoms with Crippen LogP contribution in [0.1, 0.15) is 38.7 Å². The van der Waals surface area contributed by atoms with Crippen LogP contribution in [0, 0.1) is 0 Å². The number of halogens is 1. The van der Waals surface area contributed by atoms with Gasteiger partial charge in [-0.2, -0.15) is 4.31 Å². The lowest BCUT2D eigenvalue weighted by Gasteiger charge is -2.26. The van der Waals surface area contributed by atoms with Crippen molar-refractivity contribution in [3.63, 3.8) is 0 Å². The van der Waals surface area contributed by atoms with Crippen LogP contribution in [0.5, 0.6) is 5.75 Å². The lowest BCUT2D eigenvalue weighted by Crippen LogP contribution is -2.35. The van der Waals surface area contributed by atoms with E-state index in [-0.39, 0.29) is 42.6 Å². The Labute approximate surface area is 202 Å². The maximum absolute atomic E-state index is 12.9. The van der Waals surface area contributed by atoms with Crippen molar-refractivity contribution in [1.82, 2.24) is 4.31 Å². The summed E-state index contributed by atoms with van der Waals surface area (Å²) in [7, 11) is -3.46. The van der Waals surface area contributed by atoms with E-state index in [1.807, 2.05) is 44.2 Å². The molecule has 0 atom stereocenters. The molecule has 9 heteroatoms. The van der Waals surface area contributed by atoms with Gasteiger partial charge >= 0.3 is 0 Å². The average molecular weight is 558 g/mol. The molecule has 1 aliphatic heterocycles. The second kappa shape index (κ2) is 11.7. The van der Waals surface area contributed by atoms with Crippen molar-refractivity contribution in [3.05, 3.63) is 54.1 Å². The van der Waals surface area contributed by atoms with Crippen LogP contribution in [-0.4, -0.2) is 37.9 Å². The van der Waals surface area contributed by atoms with E-state index in [0.717, 1.165) is 36.3 Å². The minimum atomic E-state index is -3.46. The number of rotatable bonds is 7. The first-order chi connectivity index (χ1) is 14.3. The van der Waals surface area contributed by atoms with Gasteiger partial charge in [0.15, 0.2) is 5.96 Å². The molecule has 0 radical (unpaired) electrons. The zero-order valence-electron chi connectivity index (χ0n) is 18.0. The summed E-state index contributed by atoms with van der Waals surface area (Å²) in [5, 5.41) is 3.03. The third-order valence-corrected chi connectivity index (χ3v) is 6.68. The number of nitrogens with two attached hydrogens (primary N) is 1. The molecule has 0 aromatic heterocycles. The Morgan fingerprint density at radius 3 is 2.45 bits per heavy atom. The first-order valence-electron chi connectivity index (χ1n) is 10.3. The number of hydrogen-bond acceptors (Lipinski definition) is 4. The number of hydrogen-bond donors (Lipinski definition) is 2. The number of nitrogens with zero attached hydrogens (tertiary/aromatic N) is 2. The minimum absolute atomic E-state index is 0. The van der Waals surface area contributed by atoms with Gasteiger partial charge in [0.1, 0.15) is 5.75 Å². The monoisotopic (exact) mass is 558 g/mol. The number of piperidine rings is 1. The Bertz CT molecular complexity index is 973. The number of ether oxygens (including phenoxy) is 1. The van der Waals surface area contributed by atoms with Gasteiger partial charge in [-0.3, -0.25) is 0 Å². The lowest BCUT2D eigenvalue weighted by atomic mass is 10.2. The highest BCUT2D eigenvalue weighted by Gasteiger charge is 2.25. The molecule has 170 valence electrons. The molecular formula is C22H31IN4O3S. The number of sulfonamides is 1. The summed E-state index contributed by atoms with van der Waals surface area (Å²) in [6.45, 7) is 5.41. The number of guanidine groups is 1. The molecule has 7 nitrogen and oxygen atoms in total. The molecule has 1 saturated heterocycles. The van der Waals surface area contributed by atoms with Crippen LogP contribution >= 0.6 is 24.0 Å². The maximum atomic E-state index is 12.9. The highest BCUT2D eigenvalue weighted by molar-refractivity contribution is 14.0. The van der Waals surface area contributed by atoms with E-state index in [1.54, 1.807) is 22.5 Å². The molecule has 1 heterocycles. The highest BCUT2D eigenvalue weighted by Crippen LogP contribution is 2.22. The van der Waals surface area contributed by atoms with Crippen LogP contribution in [0.15, 0.2) is 58.4 Å². The summed E-state index contributed by atoms with van der Waals surface area (Å²) in [5.74, 6) is 1.05. The largest absolute Gasteiger partial charge is 0.491 e. The standard InChI is InChI=1S/C22H30N4O3S.HI/c1-17(2)29-20-11-9-19(10-12-20)25-22(23)24-16-18-7-6-8-21(15-18)30(27,28)26-13-4-3-5-14-26;/h6-12,15,17H,3-5,13-14,16H2,1-2H3,(H3,23,24,25);1H. The van der Waals surface area contributed by atoms with Gasteiger partial charge in [0.05, 0.1) is 17.5 Å².